The quantitative estimate of drug-likeness (QED) is 0.163. The summed E-state index contributed by atoms with van der Waals surface area (Å²) < 4.78 is 6.08. The van der Waals surface area contributed by atoms with Crippen molar-refractivity contribution in [3.63, 3.8) is 0 Å². The van der Waals surface area contributed by atoms with Gasteiger partial charge < -0.3 is 14.4 Å². The molecule has 0 N–H and O–H groups in total. The van der Waals surface area contributed by atoms with Gasteiger partial charge in [-0.3, -0.25) is 0 Å². The van der Waals surface area contributed by atoms with Crippen LogP contribution in [0.1, 0.15) is 11.1 Å². The third-order valence-corrected chi connectivity index (χ3v) is 8.08. The number of benzene rings is 5. The third-order valence-electron chi connectivity index (χ3n) is 8.08. The number of rotatable bonds is 5. The van der Waals surface area contributed by atoms with Crippen molar-refractivity contribution in [3.05, 3.63) is 181 Å². The van der Waals surface area contributed by atoms with Crippen molar-refractivity contribution in [2.24, 2.45) is 0 Å². The average Bonchev–Trinajstić information content (AvgIpc) is 3.57. The fourth-order valence-corrected chi connectivity index (χ4v) is 5.56. The van der Waals surface area contributed by atoms with Crippen LogP contribution in [0.5, 0.6) is 0 Å². The van der Waals surface area contributed by atoms with Crippen LogP contribution in [0.25, 0.3) is 67.1 Å². The zero-order valence-electron chi connectivity index (χ0n) is 26.6. The molecule has 0 aliphatic heterocycles. The van der Waals surface area contributed by atoms with E-state index < -0.39 is 0 Å². The van der Waals surface area contributed by atoms with Crippen LogP contribution < -0.4 is 0 Å². The molecule has 0 amide bonds. The molecule has 0 aliphatic rings. The molecule has 3 aromatic heterocycles. The van der Waals surface area contributed by atoms with Crippen LogP contribution in [0.2, 0.25) is 0 Å². The fourth-order valence-electron chi connectivity index (χ4n) is 5.56. The summed E-state index contributed by atoms with van der Waals surface area (Å²) in [5, 5.41) is 1.09. The molecule has 1 radical (unpaired) electrons. The maximum Gasteiger partial charge on any atom is 0.135 e. The average molecular weight is 797 g/mol. The number of nitrogens with zero attached hydrogens (tertiary/aromatic N) is 2. The Bertz CT molecular complexity index is 2240. The number of hydrogen-bond acceptors (Lipinski definition) is 3. The van der Waals surface area contributed by atoms with Crippen LogP contribution in [-0.2, 0) is 20.1 Å². The maximum atomic E-state index is 6.08. The smallest absolute Gasteiger partial charge is 0.135 e. The van der Waals surface area contributed by atoms with Gasteiger partial charge in [0.05, 0.1) is 0 Å². The summed E-state index contributed by atoms with van der Waals surface area (Å²) in [7, 11) is 0. The predicted octanol–water partition coefficient (Wildman–Crippen LogP) is 11.5. The first kappa shape index (κ1) is 32.5. The standard InChI is InChI=1S/C32H22NO.C12H10N.Ir/c1-22-17-30(33-21-29(22)23-9-4-2-5-10-23)27-14-8-13-25(18-27)26-15-16-31-28(19-26)20-32(34-31)24-11-6-3-7-12-24;1-10-7-8-12(13-9-10)11-5-3-2-4-6-11;/h2-13,15-21H,1H3;2-5,7-9H,1H3;/q2*-1;. The molecule has 8 aromatic rings. The maximum absolute atomic E-state index is 6.08. The summed E-state index contributed by atoms with van der Waals surface area (Å²) in [4.78, 5) is 9.08. The van der Waals surface area contributed by atoms with E-state index in [2.05, 4.69) is 103 Å². The molecule has 0 unspecified atom stereocenters. The van der Waals surface area contributed by atoms with E-state index >= 15 is 0 Å². The van der Waals surface area contributed by atoms with E-state index in [1.807, 2.05) is 86.0 Å². The Labute approximate surface area is 295 Å². The molecule has 0 atom stereocenters. The number of pyridine rings is 2. The van der Waals surface area contributed by atoms with E-state index in [1.54, 1.807) is 0 Å². The van der Waals surface area contributed by atoms with Gasteiger partial charge >= 0.3 is 0 Å². The van der Waals surface area contributed by atoms with Gasteiger partial charge in [-0.05, 0) is 65.7 Å². The molecule has 0 saturated heterocycles. The van der Waals surface area contributed by atoms with E-state index in [0.29, 0.717) is 0 Å². The van der Waals surface area contributed by atoms with Crippen molar-refractivity contribution >= 4 is 11.0 Å². The number of aromatic nitrogens is 2. The first-order valence-corrected chi connectivity index (χ1v) is 15.6. The van der Waals surface area contributed by atoms with Crippen LogP contribution in [-0.4, -0.2) is 9.97 Å². The first-order valence-electron chi connectivity index (χ1n) is 15.6. The molecule has 8 rings (SSSR count). The molecule has 235 valence electrons. The summed E-state index contributed by atoms with van der Waals surface area (Å²) in [6, 6.07) is 55.8. The topological polar surface area (TPSA) is 38.9 Å². The van der Waals surface area contributed by atoms with Crippen molar-refractivity contribution in [1.29, 1.82) is 0 Å². The Morgan fingerprint density at radius 3 is 1.94 bits per heavy atom. The molecule has 4 heteroatoms. The number of fused-ring (bicyclic) bond motifs is 1. The minimum atomic E-state index is 0. The monoisotopic (exact) mass is 797 g/mol. The molecular weight excluding hydrogens is 765 g/mol. The zero-order valence-corrected chi connectivity index (χ0v) is 29.0. The van der Waals surface area contributed by atoms with Crippen molar-refractivity contribution in [3.8, 4) is 56.1 Å². The van der Waals surface area contributed by atoms with Crippen LogP contribution >= 0.6 is 0 Å². The third kappa shape index (κ3) is 7.42. The molecule has 3 nitrogen and oxygen atoms in total. The molecule has 0 fully saturated rings. The summed E-state index contributed by atoms with van der Waals surface area (Å²) in [5.41, 5.74) is 12.9. The van der Waals surface area contributed by atoms with Crippen LogP contribution in [0.4, 0.5) is 0 Å². The van der Waals surface area contributed by atoms with Crippen molar-refractivity contribution in [1.82, 2.24) is 9.97 Å². The zero-order chi connectivity index (χ0) is 32.0. The van der Waals surface area contributed by atoms with Crippen LogP contribution in [0, 0.1) is 26.0 Å². The van der Waals surface area contributed by atoms with Gasteiger partial charge in [0.2, 0.25) is 0 Å². The molecule has 48 heavy (non-hydrogen) atoms. The van der Waals surface area contributed by atoms with E-state index in [-0.39, 0.29) is 20.1 Å². The molecule has 0 bridgehead atoms. The van der Waals surface area contributed by atoms with Crippen molar-refractivity contribution in [2.45, 2.75) is 13.8 Å². The second-order valence-electron chi connectivity index (χ2n) is 11.5. The Hall–Kier alpha value is -5.41. The van der Waals surface area contributed by atoms with E-state index in [4.69, 9.17) is 9.40 Å². The van der Waals surface area contributed by atoms with Gasteiger partial charge in [0.1, 0.15) is 11.3 Å². The SMILES string of the molecule is Cc1cc(-c2[c-]ccc(-c3ccc4oc(-c5ccccc5)cc4c3)c2)ncc1-c1ccccc1.Cc1ccc(-c2[c-]cccc2)nc1.[Ir]. The summed E-state index contributed by atoms with van der Waals surface area (Å²) in [6.45, 7) is 4.17. The van der Waals surface area contributed by atoms with E-state index in [1.165, 1.54) is 16.7 Å². The second kappa shape index (κ2) is 15.0. The van der Waals surface area contributed by atoms with Crippen LogP contribution in [0.15, 0.2) is 162 Å². The molecule has 0 aliphatic carbocycles. The summed E-state index contributed by atoms with van der Waals surface area (Å²) in [6.07, 6.45) is 3.83. The van der Waals surface area contributed by atoms with Crippen LogP contribution in [0.3, 0.4) is 0 Å². The first-order chi connectivity index (χ1) is 23.1. The predicted molar refractivity (Wildman–Crippen MR) is 193 cm³/mol. The van der Waals surface area contributed by atoms with Gasteiger partial charge in [0.15, 0.2) is 0 Å². The Morgan fingerprint density at radius 2 is 1.23 bits per heavy atom. The normalized spacial score (nSPS) is 10.5. The van der Waals surface area contributed by atoms with Crippen molar-refractivity contribution < 1.29 is 24.5 Å². The number of furan rings is 1. The minimum Gasteiger partial charge on any atom is -0.456 e. The Morgan fingerprint density at radius 1 is 0.521 bits per heavy atom. The van der Waals surface area contributed by atoms with E-state index in [0.717, 1.165) is 61.5 Å². The molecule has 0 spiro atoms. The number of aryl methyl sites for hydroxylation is 2. The van der Waals surface area contributed by atoms with Gasteiger partial charge in [0.25, 0.3) is 0 Å². The largest absolute Gasteiger partial charge is 0.456 e. The Balaban J connectivity index is 0.000000241. The molecule has 0 saturated carbocycles. The summed E-state index contributed by atoms with van der Waals surface area (Å²) >= 11 is 0. The van der Waals surface area contributed by atoms with Crippen molar-refractivity contribution in [2.75, 3.05) is 0 Å². The van der Waals surface area contributed by atoms with Gasteiger partial charge in [-0.1, -0.05) is 84.9 Å². The van der Waals surface area contributed by atoms with Gasteiger partial charge in [-0.15, -0.1) is 71.3 Å². The van der Waals surface area contributed by atoms with Gasteiger partial charge in [-0.2, -0.15) is 0 Å². The van der Waals surface area contributed by atoms with Gasteiger partial charge in [0, 0.05) is 49.0 Å². The van der Waals surface area contributed by atoms with Gasteiger partial charge in [-0.25, -0.2) is 0 Å². The molecule has 3 heterocycles. The second-order valence-corrected chi connectivity index (χ2v) is 11.5. The summed E-state index contributed by atoms with van der Waals surface area (Å²) in [5.74, 6) is 0.882. The number of hydrogen-bond donors (Lipinski definition) is 0. The molecule has 5 aromatic carbocycles. The van der Waals surface area contributed by atoms with E-state index in [9.17, 15) is 0 Å². The fraction of sp³-hybridized carbons (Fsp3) is 0.0455. The minimum absolute atomic E-state index is 0. The molecular formula is C44H32IrN2O-2. The Kier molecular flexibility index (Phi) is 10.2.